The van der Waals surface area contributed by atoms with E-state index in [0.717, 1.165) is 16.3 Å². The lowest BCUT2D eigenvalue weighted by atomic mass is 9.95. The predicted molar refractivity (Wildman–Crippen MR) is 107 cm³/mol. The van der Waals surface area contributed by atoms with Gasteiger partial charge in [0.1, 0.15) is 6.10 Å². The zero-order chi connectivity index (χ0) is 23.0. The second-order valence-corrected chi connectivity index (χ2v) is 12.1. The first-order chi connectivity index (χ1) is 14.4. The van der Waals surface area contributed by atoms with Crippen molar-refractivity contribution in [2.24, 2.45) is 0 Å². The van der Waals surface area contributed by atoms with Gasteiger partial charge in [0.2, 0.25) is 0 Å². The number of ether oxygens (including phenoxy) is 1. The van der Waals surface area contributed by atoms with Gasteiger partial charge < -0.3 is 9.84 Å². The van der Waals surface area contributed by atoms with Crippen LogP contribution in [-0.4, -0.2) is 55.4 Å². The molecular formula is C19H24F2N2O6S2. The lowest BCUT2D eigenvalue weighted by molar-refractivity contribution is -0.00518. The minimum Gasteiger partial charge on any atom is -0.394 e. The number of benzene rings is 1. The van der Waals surface area contributed by atoms with Gasteiger partial charge in [0.05, 0.1) is 28.5 Å². The van der Waals surface area contributed by atoms with Crippen LogP contribution in [0.2, 0.25) is 0 Å². The molecule has 12 heteroatoms. The van der Waals surface area contributed by atoms with Gasteiger partial charge in [-0.1, -0.05) is 12.1 Å². The van der Waals surface area contributed by atoms with Crippen LogP contribution in [0.15, 0.2) is 40.3 Å². The lowest BCUT2D eigenvalue weighted by Gasteiger charge is -2.37. The molecular weight excluding hydrogens is 454 g/mol. The van der Waals surface area contributed by atoms with Crippen LogP contribution in [0.3, 0.4) is 0 Å². The Balaban J connectivity index is 2.01. The van der Waals surface area contributed by atoms with E-state index in [1.165, 1.54) is 6.07 Å². The van der Waals surface area contributed by atoms with Crippen LogP contribution >= 0.6 is 0 Å². The molecule has 0 radical (unpaired) electrons. The van der Waals surface area contributed by atoms with E-state index in [-0.39, 0.29) is 36.6 Å². The molecule has 2 unspecified atom stereocenters. The summed E-state index contributed by atoms with van der Waals surface area (Å²) >= 11 is 0. The summed E-state index contributed by atoms with van der Waals surface area (Å²) in [5, 5.41) is 12.1. The number of nitrogens with zero attached hydrogens (tertiary/aromatic N) is 2. The number of aliphatic hydroxyl groups excluding tert-OH is 1. The first kappa shape index (κ1) is 23.8. The Bertz CT molecular complexity index is 1160. The average molecular weight is 479 g/mol. The van der Waals surface area contributed by atoms with E-state index in [2.05, 4.69) is 5.10 Å². The molecule has 2 heterocycles. The first-order valence-electron chi connectivity index (χ1n) is 9.56. The van der Waals surface area contributed by atoms with Crippen LogP contribution in [0, 0.1) is 6.92 Å². The van der Waals surface area contributed by atoms with Crippen LogP contribution < -0.4 is 0 Å². The molecule has 0 amide bonds. The molecule has 1 aromatic carbocycles. The summed E-state index contributed by atoms with van der Waals surface area (Å²) in [5.74, 6) is -3.66. The number of rotatable bonds is 7. The standard InChI is InChI=1S/C19H24F2N2O6S2/c1-13-4-3-5-14(10-13)31(27,28)19(2)6-9-29-16(12-19)15-11-17(22-23(15)7-8-24)30(25,26)18(20)21/h3-5,10-11,16,18,24H,6-9,12H2,1-2H3. The predicted octanol–water partition coefficient (Wildman–Crippen LogP) is 2.26. The molecule has 0 spiro atoms. The van der Waals surface area contributed by atoms with E-state index < -0.39 is 47.9 Å². The molecule has 3 rings (SSSR count). The highest BCUT2D eigenvalue weighted by Crippen LogP contribution is 2.42. The molecule has 1 aliphatic heterocycles. The van der Waals surface area contributed by atoms with Gasteiger partial charge in [-0.15, -0.1) is 0 Å². The molecule has 1 aromatic heterocycles. The number of alkyl halides is 2. The summed E-state index contributed by atoms with van der Waals surface area (Å²) in [6, 6.07) is 7.50. The highest BCUT2D eigenvalue weighted by Gasteiger charge is 2.46. The summed E-state index contributed by atoms with van der Waals surface area (Å²) in [6.07, 6.45) is -0.732. The van der Waals surface area contributed by atoms with Crippen molar-refractivity contribution in [1.29, 1.82) is 0 Å². The van der Waals surface area contributed by atoms with Gasteiger partial charge in [0, 0.05) is 12.7 Å². The molecule has 172 valence electrons. The molecule has 2 aromatic rings. The van der Waals surface area contributed by atoms with Crippen LogP contribution in [-0.2, 0) is 31.0 Å². The maximum absolute atomic E-state index is 13.4. The normalized spacial score (nSPS) is 22.7. The highest BCUT2D eigenvalue weighted by atomic mass is 32.2. The monoisotopic (exact) mass is 478 g/mol. The zero-order valence-electron chi connectivity index (χ0n) is 17.0. The third-order valence-corrected chi connectivity index (χ3v) is 9.27. The van der Waals surface area contributed by atoms with Crippen LogP contribution in [0.5, 0.6) is 0 Å². The fourth-order valence-corrected chi connectivity index (χ4v) is 6.21. The second-order valence-electron chi connectivity index (χ2n) is 7.74. The van der Waals surface area contributed by atoms with Crippen LogP contribution in [0.4, 0.5) is 8.78 Å². The Morgan fingerprint density at radius 2 is 2.00 bits per heavy atom. The number of aromatic nitrogens is 2. The lowest BCUT2D eigenvalue weighted by Crippen LogP contribution is -2.42. The van der Waals surface area contributed by atoms with E-state index in [9.17, 15) is 30.7 Å². The molecule has 1 N–H and O–H groups in total. The zero-order valence-corrected chi connectivity index (χ0v) is 18.7. The SMILES string of the molecule is Cc1cccc(S(=O)(=O)C2(C)CCOC(c3cc(S(=O)(=O)C(F)F)nn3CCO)C2)c1. The molecule has 2 atom stereocenters. The highest BCUT2D eigenvalue weighted by molar-refractivity contribution is 7.92. The molecule has 0 saturated carbocycles. The summed E-state index contributed by atoms with van der Waals surface area (Å²) in [7, 11) is -8.74. The number of sulfone groups is 2. The number of hydrogen-bond acceptors (Lipinski definition) is 7. The largest absolute Gasteiger partial charge is 0.394 e. The quantitative estimate of drug-likeness (QED) is 0.649. The van der Waals surface area contributed by atoms with E-state index in [4.69, 9.17) is 4.74 Å². The summed E-state index contributed by atoms with van der Waals surface area (Å²) in [6.45, 7) is 2.85. The summed E-state index contributed by atoms with van der Waals surface area (Å²) in [5.41, 5.74) is 0.912. The summed E-state index contributed by atoms with van der Waals surface area (Å²) in [4.78, 5) is 0.167. The van der Waals surface area contributed by atoms with Gasteiger partial charge in [-0.2, -0.15) is 13.9 Å². The smallest absolute Gasteiger partial charge is 0.342 e. The van der Waals surface area contributed by atoms with Crippen molar-refractivity contribution in [2.45, 2.75) is 59.8 Å². The minimum atomic E-state index is -4.96. The third kappa shape index (κ3) is 4.38. The number of halogens is 2. The van der Waals surface area contributed by atoms with E-state index >= 15 is 0 Å². The fraction of sp³-hybridized carbons (Fsp3) is 0.526. The second kappa shape index (κ2) is 8.57. The Hall–Kier alpha value is -1.89. The topological polar surface area (TPSA) is 116 Å². The summed E-state index contributed by atoms with van der Waals surface area (Å²) < 4.78 is 82.0. The van der Waals surface area contributed by atoms with Crippen molar-refractivity contribution < 1.29 is 35.5 Å². The molecule has 8 nitrogen and oxygen atoms in total. The van der Waals surface area contributed by atoms with Crippen molar-refractivity contribution in [2.75, 3.05) is 13.2 Å². The molecule has 31 heavy (non-hydrogen) atoms. The minimum absolute atomic E-state index is 0.0332. The molecule has 1 saturated heterocycles. The van der Waals surface area contributed by atoms with E-state index in [1.54, 1.807) is 32.0 Å². The molecule has 0 aliphatic carbocycles. The van der Waals surface area contributed by atoms with Gasteiger partial charge in [0.15, 0.2) is 14.9 Å². The van der Waals surface area contributed by atoms with Crippen molar-refractivity contribution >= 4 is 19.7 Å². The van der Waals surface area contributed by atoms with Crippen LogP contribution in [0.1, 0.15) is 37.1 Å². The first-order valence-corrected chi connectivity index (χ1v) is 12.6. The average Bonchev–Trinajstić information content (AvgIpc) is 3.13. The Kier molecular flexibility index (Phi) is 6.57. The van der Waals surface area contributed by atoms with E-state index in [1.807, 2.05) is 0 Å². The van der Waals surface area contributed by atoms with E-state index in [0.29, 0.717) is 0 Å². The van der Waals surface area contributed by atoms with Crippen LogP contribution in [0.25, 0.3) is 0 Å². The molecule has 1 fully saturated rings. The number of aliphatic hydroxyl groups is 1. The fourth-order valence-electron chi connectivity index (χ4n) is 3.64. The number of hydrogen-bond donors (Lipinski definition) is 1. The van der Waals surface area contributed by atoms with Gasteiger partial charge in [-0.05, 0) is 44.4 Å². The van der Waals surface area contributed by atoms with Gasteiger partial charge in [0.25, 0.3) is 9.84 Å². The Morgan fingerprint density at radius 1 is 1.29 bits per heavy atom. The van der Waals surface area contributed by atoms with Gasteiger partial charge in [-0.25, -0.2) is 16.8 Å². The van der Waals surface area contributed by atoms with Crippen molar-refractivity contribution in [3.05, 3.63) is 41.6 Å². The van der Waals surface area contributed by atoms with Crippen molar-refractivity contribution in [1.82, 2.24) is 9.78 Å². The molecule has 0 bridgehead atoms. The number of aryl methyl sites for hydroxylation is 1. The third-order valence-electron chi connectivity index (χ3n) is 5.47. The van der Waals surface area contributed by atoms with Gasteiger partial charge >= 0.3 is 5.76 Å². The Morgan fingerprint density at radius 3 is 2.61 bits per heavy atom. The molecule has 1 aliphatic rings. The maximum atomic E-state index is 13.4. The van der Waals surface area contributed by atoms with Crippen molar-refractivity contribution in [3.8, 4) is 0 Å². The maximum Gasteiger partial charge on any atom is 0.342 e. The van der Waals surface area contributed by atoms with Gasteiger partial charge in [-0.3, -0.25) is 4.68 Å². The van der Waals surface area contributed by atoms with Crippen molar-refractivity contribution in [3.63, 3.8) is 0 Å². The Labute approximate surface area is 179 Å².